The van der Waals surface area contributed by atoms with Crippen LogP contribution in [-0.4, -0.2) is 84.8 Å². The zero-order valence-electron chi connectivity index (χ0n) is 13.6. The van der Waals surface area contributed by atoms with Crippen LogP contribution >= 0.6 is 12.2 Å². The summed E-state index contributed by atoms with van der Waals surface area (Å²) in [7, 11) is 0. The molecule has 0 unspecified atom stereocenters. The second kappa shape index (κ2) is 8.69. The second-order valence-electron chi connectivity index (χ2n) is 5.50. The van der Waals surface area contributed by atoms with E-state index in [-0.39, 0.29) is 0 Å². The Morgan fingerprint density at radius 2 is 1.88 bits per heavy atom. The Morgan fingerprint density at radius 3 is 2.46 bits per heavy atom. The molecule has 0 spiro atoms. The number of urea groups is 1. The molecule has 2 rings (SSSR count). The quantitative estimate of drug-likeness (QED) is 0.315. The number of hydrogen-bond donors (Lipinski definition) is 3. The maximum Gasteiger partial charge on any atom is 0.328 e. The van der Waals surface area contributed by atoms with Crippen LogP contribution in [0.5, 0.6) is 0 Å². The van der Waals surface area contributed by atoms with Gasteiger partial charge in [-0.2, -0.15) is 0 Å². The lowest BCUT2D eigenvalue weighted by Gasteiger charge is -2.35. The normalized spacial score (nSPS) is 20.2. The van der Waals surface area contributed by atoms with Crippen LogP contribution in [0, 0.1) is 5.92 Å². The molecule has 2 aliphatic rings. The molecular formula is C14H22N6O3S. The van der Waals surface area contributed by atoms with Crippen molar-refractivity contribution in [3.63, 3.8) is 0 Å². The molecular weight excluding hydrogens is 332 g/mol. The minimum Gasteiger partial charge on any atom is -0.363 e. The van der Waals surface area contributed by atoms with Gasteiger partial charge in [0, 0.05) is 45.5 Å². The van der Waals surface area contributed by atoms with Gasteiger partial charge in [0.1, 0.15) is 0 Å². The van der Waals surface area contributed by atoms with Gasteiger partial charge in [0.15, 0.2) is 11.0 Å². The van der Waals surface area contributed by atoms with E-state index in [1.54, 1.807) is 0 Å². The van der Waals surface area contributed by atoms with E-state index in [0.717, 1.165) is 44.4 Å². The van der Waals surface area contributed by atoms with E-state index in [1.165, 1.54) is 6.21 Å². The van der Waals surface area contributed by atoms with Crippen molar-refractivity contribution in [2.45, 2.75) is 6.92 Å². The Balaban J connectivity index is 1.70. The van der Waals surface area contributed by atoms with Crippen LogP contribution in [-0.2, 0) is 9.59 Å². The molecule has 0 radical (unpaired) electrons. The first-order valence-electron chi connectivity index (χ1n) is 7.92. The Kier molecular flexibility index (Phi) is 6.62. The molecule has 3 N–H and O–H groups in total. The summed E-state index contributed by atoms with van der Waals surface area (Å²) in [4.78, 5) is 42.6. The number of carbonyl (C=O) groups excluding carboxylic acids is 3. The molecule has 10 heteroatoms. The molecule has 24 heavy (non-hydrogen) atoms. The maximum atomic E-state index is 11.5. The van der Waals surface area contributed by atoms with E-state index in [4.69, 9.17) is 12.2 Å². The second-order valence-corrected chi connectivity index (χ2v) is 5.89. The van der Waals surface area contributed by atoms with E-state index >= 15 is 0 Å². The third-order valence-electron chi connectivity index (χ3n) is 3.83. The fourth-order valence-corrected chi connectivity index (χ4v) is 2.81. The molecule has 0 bridgehead atoms. The molecule has 9 nitrogen and oxygen atoms in total. The number of nitrogens with zero attached hydrogens (tertiary/aromatic N) is 3. The number of imide groups is 2. The minimum absolute atomic E-state index is 0.489. The fourth-order valence-electron chi connectivity index (χ4n) is 2.48. The highest BCUT2D eigenvalue weighted by Gasteiger charge is 2.32. The largest absolute Gasteiger partial charge is 0.363 e. The van der Waals surface area contributed by atoms with Crippen molar-refractivity contribution >= 4 is 41.4 Å². The molecule has 2 fully saturated rings. The van der Waals surface area contributed by atoms with Gasteiger partial charge in [-0.1, -0.05) is 0 Å². The molecule has 4 amide bonds. The Bertz CT molecular complexity index is 525. The van der Waals surface area contributed by atoms with Crippen LogP contribution in [0.15, 0.2) is 4.99 Å². The number of amides is 4. The molecule has 0 saturated carbocycles. The predicted molar refractivity (Wildman–Crippen MR) is 92.8 cm³/mol. The first-order valence-corrected chi connectivity index (χ1v) is 8.33. The predicted octanol–water partition coefficient (Wildman–Crippen LogP) is -1.45. The third-order valence-corrected chi connectivity index (χ3v) is 4.23. The van der Waals surface area contributed by atoms with Crippen molar-refractivity contribution in [3.8, 4) is 0 Å². The Morgan fingerprint density at radius 1 is 1.25 bits per heavy atom. The van der Waals surface area contributed by atoms with Crippen molar-refractivity contribution in [2.75, 3.05) is 45.8 Å². The smallest absolute Gasteiger partial charge is 0.328 e. The number of hydrogen-bond acceptors (Lipinski definition) is 6. The molecule has 2 aliphatic heterocycles. The lowest BCUT2D eigenvalue weighted by Crippen LogP contribution is -2.56. The summed E-state index contributed by atoms with van der Waals surface area (Å²) < 4.78 is 0. The summed E-state index contributed by atoms with van der Waals surface area (Å²) >= 11 is 5.29. The van der Waals surface area contributed by atoms with Gasteiger partial charge in [-0.25, -0.2) is 4.79 Å². The van der Waals surface area contributed by atoms with Gasteiger partial charge < -0.3 is 10.2 Å². The molecule has 0 aromatic carbocycles. The number of rotatable bonds is 5. The Labute approximate surface area is 145 Å². The summed E-state index contributed by atoms with van der Waals surface area (Å²) in [5.74, 6) is -2.33. The highest BCUT2D eigenvalue weighted by molar-refractivity contribution is 7.80. The van der Waals surface area contributed by atoms with Crippen LogP contribution in [0.25, 0.3) is 0 Å². The van der Waals surface area contributed by atoms with Crippen molar-refractivity contribution in [2.24, 2.45) is 10.9 Å². The number of nitrogens with one attached hydrogen (secondary N) is 3. The summed E-state index contributed by atoms with van der Waals surface area (Å²) in [6.45, 7) is 7.58. The number of aliphatic imine (C=N–C) groups is 1. The molecule has 132 valence electrons. The summed E-state index contributed by atoms with van der Waals surface area (Å²) in [6, 6.07) is -0.789. The van der Waals surface area contributed by atoms with Gasteiger partial charge >= 0.3 is 6.03 Å². The van der Waals surface area contributed by atoms with Crippen LogP contribution in [0.2, 0.25) is 0 Å². The van der Waals surface area contributed by atoms with Crippen LogP contribution in [0.4, 0.5) is 4.79 Å². The van der Waals surface area contributed by atoms with Gasteiger partial charge in [0.05, 0.1) is 6.54 Å². The number of thiocarbonyl (C=S) groups is 1. The molecule has 2 heterocycles. The highest BCUT2D eigenvalue weighted by atomic mass is 32.1. The zero-order chi connectivity index (χ0) is 17.5. The monoisotopic (exact) mass is 354 g/mol. The molecule has 0 aromatic rings. The van der Waals surface area contributed by atoms with Crippen LogP contribution in [0.3, 0.4) is 0 Å². The van der Waals surface area contributed by atoms with E-state index in [0.29, 0.717) is 6.54 Å². The Hall–Kier alpha value is -2.07. The lowest BCUT2D eigenvalue weighted by atomic mass is 10.1. The molecule has 0 atom stereocenters. The zero-order valence-corrected chi connectivity index (χ0v) is 14.4. The van der Waals surface area contributed by atoms with Crippen molar-refractivity contribution in [3.05, 3.63) is 0 Å². The SMILES string of the molecule is CCNC(=S)N1CCN(CCN=CC2C(=O)NC(=O)NC2=O)CC1. The summed E-state index contributed by atoms with van der Waals surface area (Å²) in [5, 5.41) is 8.02. The maximum absolute atomic E-state index is 11.5. The van der Waals surface area contributed by atoms with Gasteiger partial charge in [0.2, 0.25) is 11.8 Å². The van der Waals surface area contributed by atoms with Gasteiger partial charge in [0.25, 0.3) is 0 Å². The van der Waals surface area contributed by atoms with Crippen molar-refractivity contribution in [1.82, 2.24) is 25.8 Å². The third kappa shape index (κ3) is 4.96. The topological polar surface area (TPSA) is 106 Å². The highest BCUT2D eigenvalue weighted by Crippen LogP contribution is 2.03. The number of barbiturate groups is 1. The number of piperazine rings is 1. The average Bonchev–Trinajstić information content (AvgIpc) is 2.54. The van der Waals surface area contributed by atoms with E-state index < -0.39 is 23.8 Å². The summed E-state index contributed by atoms with van der Waals surface area (Å²) in [6.07, 6.45) is 1.30. The molecule has 0 aliphatic carbocycles. The van der Waals surface area contributed by atoms with Gasteiger partial charge in [-0.05, 0) is 19.1 Å². The standard InChI is InChI=1S/C14H22N6O3S/c1-2-16-14(24)20-7-5-19(6-8-20)4-3-15-9-10-11(21)17-13(23)18-12(10)22/h9-10H,2-8H2,1H3,(H,16,24)(H2,17,18,21,22,23). The summed E-state index contributed by atoms with van der Waals surface area (Å²) in [5.41, 5.74) is 0. The van der Waals surface area contributed by atoms with Crippen LogP contribution < -0.4 is 16.0 Å². The van der Waals surface area contributed by atoms with Crippen molar-refractivity contribution in [1.29, 1.82) is 0 Å². The van der Waals surface area contributed by atoms with Crippen LogP contribution in [0.1, 0.15) is 6.92 Å². The fraction of sp³-hybridized carbons (Fsp3) is 0.643. The van der Waals surface area contributed by atoms with Gasteiger partial charge in [-0.3, -0.25) is 30.1 Å². The van der Waals surface area contributed by atoms with Crippen molar-refractivity contribution < 1.29 is 14.4 Å². The van der Waals surface area contributed by atoms with E-state index in [1.807, 2.05) is 17.6 Å². The first kappa shape index (κ1) is 18.3. The van der Waals surface area contributed by atoms with E-state index in [9.17, 15) is 14.4 Å². The van der Waals surface area contributed by atoms with Gasteiger partial charge in [-0.15, -0.1) is 0 Å². The number of carbonyl (C=O) groups is 3. The average molecular weight is 354 g/mol. The first-order chi connectivity index (χ1) is 11.5. The molecule has 2 saturated heterocycles. The lowest BCUT2D eigenvalue weighted by molar-refractivity contribution is -0.132. The minimum atomic E-state index is -1.04. The van der Waals surface area contributed by atoms with E-state index in [2.05, 4.69) is 20.1 Å². The molecule has 0 aromatic heterocycles.